The van der Waals surface area contributed by atoms with Crippen molar-refractivity contribution in [2.45, 2.75) is 27.7 Å². The average molecular weight is 220 g/mol. The average Bonchev–Trinajstić information content (AvgIpc) is 2.13. The minimum atomic E-state index is -1.77. The molecule has 0 heterocycles. The van der Waals surface area contributed by atoms with Crippen molar-refractivity contribution in [3.8, 4) is 0 Å². The summed E-state index contributed by atoms with van der Waals surface area (Å²) in [4.78, 5) is 22.0. The Morgan fingerprint density at radius 1 is 1.13 bits per heavy atom. The first-order valence-electron chi connectivity index (χ1n) is 4.49. The molecule has 0 unspecified atom stereocenters. The van der Waals surface area contributed by atoms with Gasteiger partial charge in [-0.15, -0.1) is 0 Å². The van der Waals surface area contributed by atoms with Crippen LogP contribution in [0.3, 0.4) is 0 Å². The second kappa shape index (κ2) is 5.00. The Kier molecular flexibility index (Phi) is 4.58. The smallest absolute Gasteiger partial charge is 0.370 e. The highest BCUT2D eigenvalue weighted by Gasteiger charge is 2.31. The third-order valence-corrected chi connectivity index (χ3v) is 1.53. The molecule has 0 aliphatic rings. The number of esters is 1. The van der Waals surface area contributed by atoms with Crippen LogP contribution in [0.1, 0.15) is 27.7 Å². The van der Waals surface area contributed by atoms with Crippen LogP contribution in [-0.4, -0.2) is 18.4 Å². The van der Waals surface area contributed by atoms with Gasteiger partial charge in [0.1, 0.15) is 0 Å². The number of rotatable bonds is 3. The third kappa shape index (κ3) is 3.77. The van der Waals surface area contributed by atoms with Crippen molar-refractivity contribution in [3.63, 3.8) is 0 Å². The van der Waals surface area contributed by atoms with E-state index in [0.717, 1.165) is 0 Å². The summed E-state index contributed by atoms with van der Waals surface area (Å²) in [7, 11) is 0. The van der Waals surface area contributed by atoms with E-state index in [1.165, 1.54) is 27.7 Å². The Morgan fingerprint density at radius 2 is 1.60 bits per heavy atom. The highest BCUT2D eigenvalue weighted by molar-refractivity contribution is 6.03. The van der Waals surface area contributed by atoms with Crippen LogP contribution in [0.15, 0.2) is 11.7 Å². The first-order chi connectivity index (χ1) is 6.71. The van der Waals surface area contributed by atoms with Gasteiger partial charge in [0.25, 0.3) is 0 Å². The predicted molar refractivity (Wildman–Crippen MR) is 50.3 cm³/mol. The second-order valence-corrected chi connectivity index (χ2v) is 3.93. The Labute approximate surface area is 87.1 Å². The molecule has 0 aromatic rings. The molecule has 0 bridgehead atoms. The van der Waals surface area contributed by atoms with E-state index in [0.29, 0.717) is 0 Å². The summed E-state index contributed by atoms with van der Waals surface area (Å²) in [6, 6.07) is 0. The number of ketones is 1. The molecule has 3 nitrogen and oxygen atoms in total. The molecule has 0 saturated heterocycles. The van der Waals surface area contributed by atoms with Crippen molar-refractivity contribution >= 4 is 11.8 Å². The molecule has 0 radical (unpaired) electrons. The molecule has 0 atom stereocenters. The molecule has 5 heteroatoms. The number of halogens is 2. The van der Waals surface area contributed by atoms with Crippen LogP contribution in [-0.2, 0) is 14.3 Å². The normalized spacial score (nSPS) is 13.2. The van der Waals surface area contributed by atoms with Gasteiger partial charge >= 0.3 is 5.97 Å². The molecule has 0 spiro atoms. The summed E-state index contributed by atoms with van der Waals surface area (Å²) in [5.74, 6) is -5.96. The summed E-state index contributed by atoms with van der Waals surface area (Å²) in [5.41, 5.74) is -1.08. The molecule has 15 heavy (non-hydrogen) atoms. The maximum Gasteiger partial charge on any atom is 0.370 e. The van der Waals surface area contributed by atoms with E-state index < -0.39 is 28.8 Å². The van der Waals surface area contributed by atoms with E-state index in [1.807, 2.05) is 0 Å². The number of carbonyl (C=O) groups is 2. The summed E-state index contributed by atoms with van der Waals surface area (Å²) in [5, 5.41) is 0. The lowest BCUT2D eigenvalue weighted by Crippen LogP contribution is -2.22. The van der Waals surface area contributed by atoms with E-state index in [2.05, 4.69) is 4.74 Å². The molecule has 0 amide bonds. The standard InChI is InChI=1S/C10H14F2O3/c1-5-15-9(14)7(12)6(11)8(13)10(2,3)4/h5H2,1-4H3/b7-6-. The molecular weight excluding hydrogens is 206 g/mol. The van der Waals surface area contributed by atoms with Gasteiger partial charge in [0.05, 0.1) is 6.61 Å². The lowest BCUT2D eigenvalue weighted by Gasteiger charge is -2.14. The molecule has 0 fully saturated rings. The van der Waals surface area contributed by atoms with Crippen molar-refractivity contribution in [1.29, 1.82) is 0 Å². The topological polar surface area (TPSA) is 43.4 Å². The highest BCUT2D eigenvalue weighted by atomic mass is 19.2. The van der Waals surface area contributed by atoms with Crippen molar-refractivity contribution in [2.24, 2.45) is 5.41 Å². The largest absolute Gasteiger partial charge is 0.461 e. The fourth-order valence-electron chi connectivity index (χ4n) is 0.713. The van der Waals surface area contributed by atoms with Gasteiger partial charge in [-0.25, -0.2) is 4.79 Å². The summed E-state index contributed by atoms with van der Waals surface area (Å²) in [6.07, 6.45) is 0. The second-order valence-electron chi connectivity index (χ2n) is 3.93. The monoisotopic (exact) mass is 220 g/mol. The first-order valence-corrected chi connectivity index (χ1v) is 4.49. The summed E-state index contributed by atoms with van der Waals surface area (Å²) < 4.78 is 30.3. The maximum absolute atomic E-state index is 13.1. The van der Waals surface area contributed by atoms with E-state index in [4.69, 9.17) is 0 Å². The van der Waals surface area contributed by atoms with Gasteiger partial charge in [-0.2, -0.15) is 8.78 Å². The van der Waals surface area contributed by atoms with E-state index in [-0.39, 0.29) is 6.61 Å². The van der Waals surface area contributed by atoms with Crippen molar-refractivity contribution in [1.82, 2.24) is 0 Å². The molecule has 0 aromatic heterocycles. The fraction of sp³-hybridized carbons (Fsp3) is 0.600. The van der Waals surface area contributed by atoms with Gasteiger partial charge in [-0.3, -0.25) is 4.79 Å². The molecule has 0 aliphatic heterocycles. The lowest BCUT2D eigenvalue weighted by atomic mass is 9.90. The van der Waals surface area contributed by atoms with Gasteiger partial charge in [0.15, 0.2) is 5.78 Å². The molecule has 0 rings (SSSR count). The number of ether oxygens (including phenoxy) is 1. The number of hydrogen-bond donors (Lipinski definition) is 0. The Hall–Kier alpha value is -1.26. The van der Waals surface area contributed by atoms with E-state index in [1.54, 1.807) is 0 Å². The van der Waals surface area contributed by atoms with Gasteiger partial charge in [0, 0.05) is 5.41 Å². The van der Waals surface area contributed by atoms with Gasteiger partial charge in [0.2, 0.25) is 11.7 Å². The quantitative estimate of drug-likeness (QED) is 0.541. The molecule has 0 aromatic carbocycles. The molecule has 0 saturated carbocycles. The zero-order valence-corrected chi connectivity index (χ0v) is 9.19. The number of hydrogen-bond acceptors (Lipinski definition) is 3. The van der Waals surface area contributed by atoms with Crippen molar-refractivity contribution in [2.75, 3.05) is 6.61 Å². The fourth-order valence-corrected chi connectivity index (χ4v) is 0.713. The third-order valence-electron chi connectivity index (χ3n) is 1.53. The first kappa shape index (κ1) is 13.7. The molecular formula is C10H14F2O3. The predicted octanol–water partition coefficient (Wildman–Crippen LogP) is 2.32. The van der Waals surface area contributed by atoms with Gasteiger partial charge in [-0.1, -0.05) is 20.8 Å². The minimum Gasteiger partial charge on any atom is -0.461 e. The summed E-state index contributed by atoms with van der Waals surface area (Å²) in [6.45, 7) is 5.64. The number of Topliss-reactive ketones (excluding diaryl/α,β-unsaturated/α-hetero) is 1. The van der Waals surface area contributed by atoms with Crippen LogP contribution < -0.4 is 0 Å². The van der Waals surface area contributed by atoms with Crippen LogP contribution in [0.5, 0.6) is 0 Å². The molecule has 86 valence electrons. The van der Waals surface area contributed by atoms with Crippen LogP contribution in [0.4, 0.5) is 8.78 Å². The zero-order chi connectivity index (χ0) is 12.2. The Morgan fingerprint density at radius 3 is 1.93 bits per heavy atom. The zero-order valence-electron chi connectivity index (χ0n) is 9.19. The maximum atomic E-state index is 13.1. The molecule has 0 N–H and O–H groups in total. The van der Waals surface area contributed by atoms with Crippen LogP contribution in [0, 0.1) is 5.41 Å². The van der Waals surface area contributed by atoms with Crippen LogP contribution >= 0.6 is 0 Å². The SMILES string of the molecule is CCOC(=O)/C(F)=C(/F)C(=O)C(C)(C)C. The van der Waals surface area contributed by atoms with E-state index >= 15 is 0 Å². The van der Waals surface area contributed by atoms with E-state index in [9.17, 15) is 18.4 Å². The van der Waals surface area contributed by atoms with Gasteiger partial charge in [-0.05, 0) is 6.92 Å². The summed E-state index contributed by atoms with van der Waals surface area (Å²) >= 11 is 0. The van der Waals surface area contributed by atoms with Crippen molar-refractivity contribution < 1.29 is 23.1 Å². The minimum absolute atomic E-state index is 0.0801. The van der Waals surface area contributed by atoms with Crippen LogP contribution in [0.2, 0.25) is 0 Å². The molecule has 0 aliphatic carbocycles. The highest BCUT2D eigenvalue weighted by Crippen LogP contribution is 2.23. The van der Waals surface area contributed by atoms with Crippen molar-refractivity contribution in [3.05, 3.63) is 11.7 Å². The number of allylic oxidation sites excluding steroid dienone is 1. The Bertz CT molecular complexity index is 300. The number of carbonyl (C=O) groups excluding carboxylic acids is 2. The van der Waals surface area contributed by atoms with Crippen LogP contribution in [0.25, 0.3) is 0 Å². The Balaban J connectivity index is 4.95. The lowest BCUT2D eigenvalue weighted by molar-refractivity contribution is -0.141. The van der Waals surface area contributed by atoms with Gasteiger partial charge < -0.3 is 4.74 Å².